The number of nitrogens with zero attached hydrogens (tertiary/aromatic N) is 2. The Hall–Kier alpha value is -2.01. The van der Waals surface area contributed by atoms with Crippen LogP contribution in [0.15, 0.2) is 30.5 Å². The van der Waals surface area contributed by atoms with Crippen LogP contribution in [-0.2, 0) is 0 Å². The number of rotatable bonds is 3. The van der Waals surface area contributed by atoms with Crippen molar-refractivity contribution in [2.75, 3.05) is 0 Å². The fourth-order valence-corrected chi connectivity index (χ4v) is 2.01. The standard InChI is InChI=1S/C13H15N3O2/c1-8(9(2)14)10-5-6-12-11(4-3-7-15-12)13(10)16(17)18/h3-9H,14H2,1-2H3. The van der Waals surface area contributed by atoms with E-state index in [2.05, 4.69) is 4.98 Å². The molecule has 0 saturated carbocycles. The highest BCUT2D eigenvalue weighted by atomic mass is 16.6. The van der Waals surface area contributed by atoms with Crippen molar-refractivity contribution in [3.05, 3.63) is 46.1 Å². The molecule has 0 aliphatic rings. The molecular formula is C13H15N3O2. The molecule has 94 valence electrons. The number of pyridine rings is 1. The highest BCUT2D eigenvalue weighted by Gasteiger charge is 2.24. The molecule has 0 bridgehead atoms. The summed E-state index contributed by atoms with van der Waals surface area (Å²) in [5, 5.41) is 11.9. The Morgan fingerprint density at radius 2 is 2.06 bits per heavy atom. The quantitative estimate of drug-likeness (QED) is 0.665. The lowest BCUT2D eigenvalue weighted by Crippen LogP contribution is -2.23. The van der Waals surface area contributed by atoms with Gasteiger partial charge in [0.05, 0.1) is 15.8 Å². The van der Waals surface area contributed by atoms with Gasteiger partial charge in [-0.1, -0.05) is 6.92 Å². The first-order valence-electron chi connectivity index (χ1n) is 5.80. The number of fused-ring (bicyclic) bond motifs is 1. The minimum absolute atomic E-state index is 0.0741. The molecule has 0 aliphatic carbocycles. The van der Waals surface area contributed by atoms with Crippen LogP contribution in [0.1, 0.15) is 25.3 Å². The zero-order valence-electron chi connectivity index (χ0n) is 10.3. The Balaban J connectivity index is 2.74. The number of nitro groups is 1. The third-order valence-corrected chi connectivity index (χ3v) is 3.25. The second-order valence-corrected chi connectivity index (χ2v) is 4.48. The van der Waals surface area contributed by atoms with E-state index in [1.54, 1.807) is 30.5 Å². The molecule has 0 saturated heterocycles. The largest absolute Gasteiger partial charge is 0.327 e. The van der Waals surface area contributed by atoms with Gasteiger partial charge >= 0.3 is 0 Å². The lowest BCUT2D eigenvalue weighted by Gasteiger charge is -2.16. The van der Waals surface area contributed by atoms with Crippen LogP contribution in [0.25, 0.3) is 10.9 Å². The lowest BCUT2D eigenvalue weighted by atomic mass is 9.92. The predicted octanol–water partition coefficient (Wildman–Crippen LogP) is 2.59. The Morgan fingerprint density at radius 3 is 2.67 bits per heavy atom. The van der Waals surface area contributed by atoms with Gasteiger partial charge in [0.1, 0.15) is 0 Å². The number of nitrogens with two attached hydrogens (primary N) is 1. The van der Waals surface area contributed by atoms with Gasteiger partial charge in [-0.2, -0.15) is 0 Å². The summed E-state index contributed by atoms with van der Waals surface area (Å²) < 4.78 is 0. The third-order valence-electron chi connectivity index (χ3n) is 3.25. The van der Waals surface area contributed by atoms with Crippen LogP contribution in [0.2, 0.25) is 0 Å². The van der Waals surface area contributed by atoms with Crippen molar-refractivity contribution >= 4 is 16.6 Å². The summed E-state index contributed by atoms with van der Waals surface area (Å²) in [5.74, 6) is -0.0741. The molecule has 0 amide bonds. The summed E-state index contributed by atoms with van der Waals surface area (Å²) in [6.07, 6.45) is 1.63. The van der Waals surface area contributed by atoms with Crippen LogP contribution in [0.3, 0.4) is 0 Å². The molecule has 5 nitrogen and oxygen atoms in total. The molecule has 1 aromatic carbocycles. The maximum atomic E-state index is 11.3. The number of aromatic nitrogens is 1. The molecule has 5 heteroatoms. The number of hydrogen-bond acceptors (Lipinski definition) is 4. The highest BCUT2D eigenvalue weighted by Crippen LogP contribution is 2.34. The SMILES string of the molecule is CC(N)C(C)c1ccc2ncccc2c1[N+](=O)[O-]. The zero-order valence-corrected chi connectivity index (χ0v) is 10.3. The molecule has 2 rings (SSSR count). The first-order chi connectivity index (χ1) is 8.52. The van der Waals surface area contributed by atoms with E-state index >= 15 is 0 Å². The normalized spacial score (nSPS) is 14.4. The second kappa shape index (κ2) is 4.70. The molecule has 0 fully saturated rings. The average molecular weight is 245 g/mol. The van der Waals surface area contributed by atoms with E-state index in [-0.39, 0.29) is 22.6 Å². The van der Waals surface area contributed by atoms with Crippen molar-refractivity contribution in [2.45, 2.75) is 25.8 Å². The summed E-state index contributed by atoms with van der Waals surface area (Å²) in [7, 11) is 0. The smallest absolute Gasteiger partial charge is 0.282 e. The van der Waals surface area contributed by atoms with Crippen molar-refractivity contribution in [3.63, 3.8) is 0 Å². The Bertz CT molecular complexity index is 596. The van der Waals surface area contributed by atoms with E-state index in [9.17, 15) is 10.1 Å². The van der Waals surface area contributed by atoms with Crippen LogP contribution < -0.4 is 5.73 Å². The summed E-state index contributed by atoms with van der Waals surface area (Å²) in [4.78, 5) is 15.1. The number of benzene rings is 1. The molecular weight excluding hydrogens is 230 g/mol. The van der Waals surface area contributed by atoms with Crippen molar-refractivity contribution in [2.24, 2.45) is 5.73 Å². The summed E-state index contributed by atoms with van der Waals surface area (Å²) >= 11 is 0. The lowest BCUT2D eigenvalue weighted by molar-refractivity contribution is -0.383. The topological polar surface area (TPSA) is 82.0 Å². The van der Waals surface area contributed by atoms with Crippen LogP contribution in [-0.4, -0.2) is 15.9 Å². The highest BCUT2D eigenvalue weighted by molar-refractivity contribution is 5.89. The molecule has 1 heterocycles. The number of hydrogen-bond donors (Lipinski definition) is 1. The Morgan fingerprint density at radius 1 is 1.33 bits per heavy atom. The summed E-state index contributed by atoms with van der Waals surface area (Å²) in [6.45, 7) is 3.75. The van der Waals surface area contributed by atoms with Crippen LogP contribution >= 0.6 is 0 Å². The molecule has 2 unspecified atom stereocenters. The Labute approximate surface area is 105 Å². The number of nitro benzene ring substituents is 1. The van der Waals surface area contributed by atoms with E-state index in [0.29, 0.717) is 16.5 Å². The minimum Gasteiger partial charge on any atom is -0.327 e. The fraction of sp³-hybridized carbons (Fsp3) is 0.308. The van der Waals surface area contributed by atoms with Gasteiger partial charge in [0, 0.05) is 23.7 Å². The monoisotopic (exact) mass is 245 g/mol. The molecule has 1 aromatic heterocycles. The second-order valence-electron chi connectivity index (χ2n) is 4.48. The molecule has 18 heavy (non-hydrogen) atoms. The molecule has 2 aromatic rings. The van der Waals surface area contributed by atoms with Gasteiger partial charge in [0.2, 0.25) is 0 Å². The fourth-order valence-electron chi connectivity index (χ4n) is 2.01. The van der Waals surface area contributed by atoms with E-state index in [4.69, 9.17) is 5.73 Å². The van der Waals surface area contributed by atoms with Crippen molar-refractivity contribution in [3.8, 4) is 0 Å². The van der Waals surface area contributed by atoms with Crippen LogP contribution in [0, 0.1) is 10.1 Å². The maximum absolute atomic E-state index is 11.3. The van der Waals surface area contributed by atoms with Gasteiger partial charge < -0.3 is 5.73 Å². The van der Waals surface area contributed by atoms with E-state index in [1.165, 1.54) is 0 Å². The molecule has 2 atom stereocenters. The van der Waals surface area contributed by atoms with Gasteiger partial charge in [-0.05, 0) is 31.2 Å². The molecule has 0 aliphatic heterocycles. The van der Waals surface area contributed by atoms with Crippen molar-refractivity contribution in [1.82, 2.24) is 4.98 Å². The van der Waals surface area contributed by atoms with E-state index in [0.717, 1.165) is 0 Å². The van der Waals surface area contributed by atoms with Crippen LogP contribution in [0.4, 0.5) is 5.69 Å². The Kier molecular flexibility index (Phi) is 3.25. The van der Waals surface area contributed by atoms with Crippen molar-refractivity contribution < 1.29 is 4.92 Å². The first-order valence-corrected chi connectivity index (χ1v) is 5.80. The summed E-state index contributed by atoms with van der Waals surface area (Å²) in [5.41, 5.74) is 7.25. The van der Waals surface area contributed by atoms with Crippen LogP contribution in [0.5, 0.6) is 0 Å². The predicted molar refractivity (Wildman–Crippen MR) is 70.5 cm³/mol. The molecule has 0 radical (unpaired) electrons. The maximum Gasteiger partial charge on any atom is 0.282 e. The van der Waals surface area contributed by atoms with Gasteiger partial charge in [-0.25, -0.2) is 0 Å². The van der Waals surface area contributed by atoms with E-state index < -0.39 is 0 Å². The average Bonchev–Trinajstić information content (AvgIpc) is 2.36. The van der Waals surface area contributed by atoms with Gasteiger partial charge in [-0.3, -0.25) is 15.1 Å². The van der Waals surface area contributed by atoms with Gasteiger partial charge in [-0.15, -0.1) is 0 Å². The zero-order chi connectivity index (χ0) is 13.3. The minimum atomic E-state index is -0.349. The third kappa shape index (κ3) is 2.04. The first kappa shape index (κ1) is 12.4. The molecule has 0 spiro atoms. The molecule has 2 N–H and O–H groups in total. The van der Waals surface area contributed by atoms with Gasteiger partial charge in [0.25, 0.3) is 5.69 Å². The summed E-state index contributed by atoms with van der Waals surface area (Å²) in [6, 6.07) is 6.84. The van der Waals surface area contributed by atoms with Gasteiger partial charge in [0.15, 0.2) is 0 Å². The van der Waals surface area contributed by atoms with Crippen molar-refractivity contribution in [1.29, 1.82) is 0 Å². The van der Waals surface area contributed by atoms with E-state index in [1.807, 2.05) is 13.8 Å².